The minimum Gasteiger partial charge on any atom is -0.445 e. The van der Waals surface area contributed by atoms with E-state index in [9.17, 15) is 9.18 Å². The van der Waals surface area contributed by atoms with Crippen LogP contribution in [0.15, 0.2) is 53.6 Å². The fourth-order valence-electron chi connectivity index (χ4n) is 2.65. The topological polar surface area (TPSA) is 41.9 Å². The van der Waals surface area contributed by atoms with Crippen LogP contribution in [0.3, 0.4) is 0 Å². The van der Waals surface area contributed by atoms with Gasteiger partial charge in [-0.05, 0) is 18.2 Å². The number of thiophene rings is 1. The van der Waals surface area contributed by atoms with Crippen molar-refractivity contribution in [1.82, 2.24) is 5.01 Å². The number of nitrogens with zero attached hydrogens (tertiary/aromatic N) is 2. The van der Waals surface area contributed by atoms with Gasteiger partial charge in [-0.15, -0.1) is 16.4 Å². The summed E-state index contributed by atoms with van der Waals surface area (Å²) in [7, 11) is 0. The van der Waals surface area contributed by atoms with Gasteiger partial charge in [0.2, 0.25) is 12.1 Å². The van der Waals surface area contributed by atoms with Gasteiger partial charge in [0, 0.05) is 22.6 Å². The van der Waals surface area contributed by atoms with E-state index in [1.165, 1.54) is 35.4 Å². The number of carbonyl (C=O) groups excluding carboxylic acids is 1. The molecule has 0 saturated heterocycles. The Hall–Kier alpha value is -2.44. The number of hydrazone groups is 1. The van der Waals surface area contributed by atoms with Gasteiger partial charge in [0.25, 0.3) is 5.90 Å². The lowest BCUT2D eigenvalue weighted by Crippen LogP contribution is -2.25. The molecule has 0 radical (unpaired) electrons. The van der Waals surface area contributed by atoms with E-state index in [0.29, 0.717) is 15.5 Å². The van der Waals surface area contributed by atoms with Gasteiger partial charge in [-0.2, -0.15) is 5.01 Å². The van der Waals surface area contributed by atoms with Crippen molar-refractivity contribution >= 4 is 44.8 Å². The zero-order valence-electron chi connectivity index (χ0n) is 13.1. The van der Waals surface area contributed by atoms with Crippen LogP contribution in [0.4, 0.5) is 4.39 Å². The van der Waals surface area contributed by atoms with E-state index in [2.05, 4.69) is 5.10 Å². The number of halogens is 2. The Kier molecular flexibility index (Phi) is 3.94. The van der Waals surface area contributed by atoms with Crippen LogP contribution in [0.25, 0.3) is 10.1 Å². The summed E-state index contributed by atoms with van der Waals surface area (Å²) in [4.78, 5) is 12.6. The molecule has 25 heavy (non-hydrogen) atoms. The predicted octanol–water partition coefficient (Wildman–Crippen LogP) is 4.93. The van der Waals surface area contributed by atoms with Gasteiger partial charge in [-0.25, -0.2) is 4.39 Å². The highest BCUT2D eigenvalue weighted by atomic mass is 35.5. The smallest absolute Gasteiger partial charge is 0.252 e. The van der Waals surface area contributed by atoms with E-state index in [-0.39, 0.29) is 17.6 Å². The molecule has 4 rings (SSSR count). The Balaban J connectivity index is 1.75. The number of carbonyl (C=O) groups is 1. The molecule has 0 aliphatic carbocycles. The van der Waals surface area contributed by atoms with Crippen molar-refractivity contribution in [2.45, 2.75) is 13.2 Å². The minimum absolute atomic E-state index is 0.276. The second-order valence-corrected chi connectivity index (χ2v) is 6.96. The Morgan fingerprint density at radius 1 is 1.24 bits per heavy atom. The molecule has 0 saturated carbocycles. The third-order valence-corrected chi connectivity index (χ3v) is 5.51. The molecule has 4 nitrogen and oxygen atoms in total. The number of ether oxygens (including phenoxy) is 1. The molecule has 2 aromatic carbocycles. The van der Waals surface area contributed by atoms with E-state index >= 15 is 0 Å². The molecule has 1 aromatic heterocycles. The van der Waals surface area contributed by atoms with Gasteiger partial charge in [-0.1, -0.05) is 41.9 Å². The average Bonchev–Trinajstić information content (AvgIpc) is 3.18. The van der Waals surface area contributed by atoms with Gasteiger partial charge in [0.1, 0.15) is 10.7 Å². The molecule has 1 aliphatic heterocycles. The van der Waals surface area contributed by atoms with E-state index in [0.717, 1.165) is 10.1 Å². The lowest BCUT2D eigenvalue weighted by atomic mass is 10.2. The number of fused-ring (bicyclic) bond motifs is 1. The van der Waals surface area contributed by atoms with Crippen LogP contribution in [-0.2, 0) is 9.53 Å². The monoisotopic (exact) mass is 374 g/mol. The average molecular weight is 375 g/mol. The van der Waals surface area contributed by atoms with Crippen molar-refractivity contribution in [2.24, 2.45) is 5.10 Å². The lowest BCUT2D eigenvalue weighted by molar-refractivity contribution is -0.135. The molecule has 0 bridgehead atoms. The van der Waals surface area contributed by atoms with Crippen LogP contribution in [0, 0.1) is 5.82 Å². The summed E-state index contributed by atoms with van der Waals surface area (Å²) < 4.78 is 20.1. The zero-order valence-corrected chi connectivity index (χ0v) is 14.6. The molecule has 0 fully saturated rings. The highest BCUT2D eigenvalue weighted by Gasteiger charge is 2.34. The summed E-state index contributed by atoms with van der Waals surface area (Å²) in [6.07, 6.45) is -0.741. The van der Waals surface area contributed by atoms with Crippen molar-refractivity contribution in [2.75, 3.05) is 0 Å². The second-order valence-electron chi connectivity index (χ2n) is 5.53. The Labute approximate surface area is 152 Å². The zero-order chi connectivity index (χ0) is 17.6. The van der Waals surface area contributed by atoms with E-state index in [1.54, 1.807) is 12.1 Å². The molecule has 7 heteroatoms. The molecule has 1 atom stereocenters. The third kappa shape index (κ3) is 2.77. The van der Waals surface area contributed by atoms with Gasteiger partial charge in [0.05, 0.1) is 5.02 Å². The summed E-state index contributed by atoms with van der Waals surface area (Å²) in [6.45, 7) is 1.40. The quantitative estimate of drug-likeness (QED) is 0.638. The normalized spacial score (nSPS) is 16.8. The third-order valence-electron chi connectivity index (χ3n) is 3.85. The predicted molar refractivity (Wildman–Crippen MR) is 96.1 cm³/mol. The summed E-state index contributed by atoms with van der Waals surface area (Å²) in [5.74, 6) is -0.345. The van der Waals surface area contributed by atoms with Crippen molar-refractivity contribution < 1.29 is 13.9 Å². The van der Waals surface area contributed by atoms with Gasteiger partial charge in [-0.3, -0.25) is 4.79 Å². The van der Waals surface area contributed by atoms with Crippen molar-refractivity contribution in [3.63, 3.8) is 0 Å². The molecular formula is C18H12ClFN2O2S. The number of hydrogen-bond acceptors (Lipinski definition) is 4. The van der Waals surface area contributed by atoms with E-state index < -0.39 is 6.23 Å². The van der Waals surface area contributed by atoms with Crippen molar-refractivity contribution in [3.8, 4) is 0 Å². The summed E-state index contributed by atoms with van der Waals surface area (Å²) in [5, 5.41) is 7.00. The summed E-state index contributed by atoms with van der Waals surface area (Å²) in [5.41, 5.74) is 0.632. The number of hydrogen-bond donors (Lipinski definition) is 0. The number of amides is 1. The van der Waals surface area contributed by atoms with Crippen LogP contribution in [-0.4, -0.2) is 16.8 Å². The van der Waals surface area contributed by atoms with Crippen molar-refractivity contribution in [3.05, 3.63) is 69.8 Å². The highest BCUT2D eigenvalue weighted by Crippen LogP contribution is 2.39. The van der Waals surface area contributed by atoms with E-state index in [4.69, 9.17) is 16.3 Å². The van der Waals surface area contributed by atoms with Gasteiger partial charge in [0.15, 0.2) is 0 Å². The van der Waals surface area contributed by atoms with Crippen LogP contribution in [0.2, 0.25) is 5.02 Å². The first kappa shape index (κ1) is 16.1. The maximum atomic E-state index is 13.2. The van der Waals surface area contributed by atoms with Crippen LogP contribution in [0.1, 0.15) is 23.6 Å². The maximum absolute atomic E-state index is 13.2. The molecule has 0 N–H and O–H groups in total. The Morgan fingerprint density at radius 2 is 1.96 bits per heavy atom. The van der Waals surface area contributed by atoms with Crippen LogP contribution >= 0.6 is 22.9 Å². The van der Waals surface area contributed by atoms with E-state index in [1.807, 2.05) is 24.3 Å². The minimum atomic E-state index is -0.741. The standard InChI is InChI=1S/C18H12ClFN2O2S/c1-10(23)22-18(11-6-8-12(20)9-7-11)24-17(21-22)16-15(19)13-4-2-3-5-14(13)25-16/h2-9,18H,1H3. The van der Waals surface area contributed by atoms with Crippen LogP contribution in [0.5, 0.6) is 0 Å². The van der Waals surface area contributed by atoms with Gasteiger partial charge >= 0.3 is 0 Å². The molecule has 126 valence electrons. The first-order chi connectivity index (χ1) is 12.0. The van der Waals surface area contributed by atoms with Crippen molar-refractivity contribution in [1.29, 1.82) is 0 Å². The number of benzene rings is 2. The largest absolute Gasteiger partial charge is 0.445 e. The molecule has 1 aliphatic rings. The SMILES string of the molecule is CC(=O)N1N=C(c2sc3ccccc3c2Cl)OC1c1ccc(F)cc1. The number of rotatable bonds is 2. The first-order valence-corrected chi connectivity index (χ1v) is 8.72. The highest BCUT2D eigenvalue weighted by molar-refractivity contribution is 7.21. The maximum Gasteiger partial charge on any atom is 0.252 e. The first-order valence-electron chi connectivity index (χ1n) is 7.52. The Morgan fingerprint density at radius 3 is 2.64 bits per heavy atom. The Bertz CT molecular complexity index is 1000. The summed E-state index contributed by atoms with van der Waals surface area (Å²) >= 11 is 7.92. The fraction of sp³-hybridized carbons (Fsp3) is 0.111. The van der Waals surface area contributed by atoms with Gasteiger partial charge < -0.3 is 4.74 Å². The second kappa shape index (κ2) is 6.13. The summed E-state index contributed by atoms with van der Waals surface area (Å²) in [6, 6.07) is 13.5. The molecule has 1 amide bonds. The molecular weight excluding hydrogens is 363 g/mol. The molecule has 3 aromatic rings. The molecule has 0 spiro atoms. The fourth-order valence-corrected chi connectivity index (χ4v) is 4.09. The molecule has 1 unspecified atom stereocenters. The lowest BCUT2D eigenvalue weighted by Gasteiger charge is -2.19. The van der Waals surface area contributed by atoms with Crippen LogP contribution < -0.4 is 0 Å². The molecule has 2 heterocycles.